The molecule has 1 rings (SSSR count). The molecule has 4 heteroatoms. The number of hydrogen-bond acceptors (Lipinski definition) is 2. The van der Waals surface area contributed by atoms with Crippen LogP contribution in [0.4, 0.5) is 8.78 Å². The number of alkyl halides is 2. The van der Waals surface area contributed by atoms with Crippen molar-refractivity contribution in [3.05, 3.63) is 0 Å². The van der Waals surface area contributed by atoms with Gasteiger partial charge in [-0.25, -0.2) is 8.78 Å². The Morgan fingerprint density at radius 3 is 2.50 bits per heavy atom. The van der Waals surface area contributed by atoms with Crippen LogP contribution in [-0.2, 0) is 9.53 Å². The van der Waals surface area contributed by atoms with Gasteiger partial charge in [0.1, 0.15) is 12.3 Å². The van der Waals surface area contributed by atoms with E-state index in [4.69, 9.17) is 0 Å². The largest absolute Gasteiger partial charge is 0.469 e. The lowest BCUT2D eigenvalue weighted by Crippen LogP contribution is -2.31. The zero-order chi connectivity index (χ0) is 9.14. The number of hydrogen-bond donors (Lipinski definition) is 0. The van der Waals surface area contributed by atoms with Gasteiger partial charge in [-0.05, 0) is 19.3 Å². The van der Waals surface area contributed by atoms with E-state index < -0.39 is 24.2 Å². The molecule has 0 bridgehead atoms. The molecule has 1 fully saturated rings. The highest BCUT2D eigenvalue weighted by Gasteiger charge is 2.34. The van der Waals surface area contributed by atoms with E-state index in [9.17, 15) is 13.6 Å². The van der Waals surface area contributed by atoms with Gasteiger partial charge in [0.25, 0.3) is 0 Å². The van der Waals surface area contributed by atoms with E-state index in [1.807, 2.05) is 0 Å². The quantitative estimate of drug-likeness (QED) is 0.570. The van der Waals surface area contributed by atoms with Gasteiger partial charge in [0.2, 0.25) is 0 Å². The van der Waals surface area contributed by atoms with Gasteiger partial charge in [0.05, 0.1) is 13.0 Å². The van der Waals surface area contributed by atoms with Gasteiger partial charge in [-0.3, -0.25) is 4.79 Å². The number of methoxy groups -OCH3 is 1. The minimum Gasteiger partial charge on any atom is -0.469 e. The van der Waals surface area contributed by atoms with Gasteiger partial charge in [0.15, 0.2) is 0 Å². The number of ether oxygens (including phenoxy) is 1. The first-order valence-electron chi connectivity index (χ1n) is 4.01. The highest BCUT2D eigenvalue weighted by molar-refractivity contribution is 5.72. The van der Waals surface area contributed by atoms with Crippen molar-refractivity contribution in [2.24, 2.45) is 5.92 Å². The summed E-state index contributed by atoms with van der Waals surface area (Å²) in [5, 5.41) is 0. The summed E-state index contributed by atoms with van der Waals surface area (Å²) >= 11 is 0. The van der Waals surface area contributed by atoms with Crippen LogP contribution in [0.5, 0.6) is 0 Å². The zero-order valence-electron chi connectivity index (χ0n) is 6.93. The van der Waals surface area contributed by atoms with Crippen LogP contribution >= 0.6 is 0 Å². The number of carbonyl (C=O) groups excluding carboxylic acids is 1. The number of halogens is 2. The van der Waals surface area contributed by atoms with Gasteiger partial charge >= 0.3 is 5.97 Å². The molecule has 12 heavy (non-hydrogen) atoms. The maximum atomic E-state index is 12.7. The number of esters is 1. The third-order valence-corrected chi connectivity index (χ3v) is 2.23. The predicted octanol–water partition coefficient (Wildman–Crippen LogP) is 1.64. The molecule has 0 spiro atoms. The van der Waals surface area contributed by atoms with Crippen LogP contribution in [-0.4, -0.2) is 25.4 Å². The number of rotatable bonds is 1. The van der Waals surface area contributed by atoms with Crippen molar-refractivity contribution in [3.8, 4) is 0 Å². The van der Waals surface area contributed by atoms with Gasteiger partial charge < -0.3 is 4.74 Å². The van der Waals surface area contributed by atoms with Crippen molar-refractivity contribution >= 4 is 5.97 Å². The first kappa shape index (κ1) is 9.42. The van der Waals surface area contributed by atoms with Crippen molar-refractivity contribution in [2.45, 2.75) is 31.6 Å². The Kier molecular flexibility index (Phi) is 3.00. The molecule has 0 aromatic rings. The molecular weight excluding hydrogens is 166 g/mol. The number of carbonyl (C=O) groups is 1. The summed E-state index contributed by atoms with van der Waals surface area (Å²) in [6.45, 7) is 0. The summed E-state index contributed by atoms with van der Waals surface area (Å²) in [7, 11) is 1.26. The molecule has 1 saturated carbocycles. The molecule has 0 radical (unpaired) electrons. The van der Waals surface area contributed by atoms with Gasteiger partial charge in [0, 0.05) is 0 Å². The standard InChI is InChI=1S/C8H12F2O2/c1-12-8(11)5-2-3-6(9)7(10)4-5/h5-7H,2-4H2,1H3/t5-,6-,7+/m0/s1. The van der Waals surface area contributed by atoms with E-state index in [0.717, 1.165) is 0 Å². The Hall–Kier alpha value is -0.670. The second-order valence-electron chi connectivity index (χ2n) is 3.07. The van der Waals surface area contributed by atoms with E-state index >= 15 is 0 Å². The predicted molar refractivity (Wildman–Crippen MR) is 39.1 cm³/mol. The summed E-state index contributed by atoms with van der Waals surface area (Å²) in [5.41, 5.74) is 0. The Labute approximate surface area is 69.9 Å². The summed E-state index contributed by atoms with van der Waals surface area (Å²) < 4.78 is 29.8. The molecular formula is C8H12F2O2. The highest BCUT2D eigenvalue weighted by atomic mass is 19.2. The molecule has 0 aromatic carbocycles. The summed E-state index contributed by atoms with van der Waals surface area (Å²) in [6.07, 6.45) is -2.41. The maximum Gasteiger partial charge on any atom is 0.308 e. The van der Waals surface area contributed by atoms with Gasteiger partial charge in [-0.1, -0.05) is 0 Å². The molecule has 0 unspecified atom stereocenters. The fourth-order valence-corrected chi connectivity index (χ4v) is 1.46. The summed E-state index contributed by atoms with van der Waals surface area (Å²) in [6, 6.07) is 0. The fourth-order valence-electron chi connectivity index (χ4n) is 1.46. The lowest BCUT2D eigenvalue weighted by Gasteiger charge is -2.25. The van der Waals surface area contributed by atoms with Crippen LogP contribution in [0.15, 0.2) is 0 Å². The zero-order valence-corrected chi connectivity index (χ0v) is 6.93. The van der Waals surface area contributed by atoms with E-state index in [1.165, 1.54) is 7.11 Å². The van der Waals surface area contributed by atoms with Crippen LogP contribution in [0.2, 0.25) is 0 Å². The highest BCUT2D eigenvalue weighted by Crippen LogP contribution is 2.29. The van der Waals surface area contributed by atoms with Crippen molar-refractivity contribution < 1.29 is 18.3 Å². The Bertz CT molecular complexity index is 172. The molecule has 3 atom stereocenters. The van der Waals surface area contributed by atoms with Crippen molar-refractivity contribution in [1.82, 2.24) is 0 Å². The van der Waals surface area contributed by atoms with Crippen LogP contribution in [0.25, 0.3) is 0 Å². The summed E-state index contributed by atoms with van der Waals surface area (Å²) in [5.74, 6) is -0.874. The molecule has 0 aromatic heterocycles. The SMILES string of the molecule is COC(=O)[C@H]1CC[C@H](F)[C@H](F)C1. The fraction of sp³-hybridized carbons (Fsp3) is 0.875. The lowest BCUT2D eigenvalue weighted by molar-refractivity contribution is -0.148. The smallest absolute Gasteiger partial charge is 0.308 e. The Balaban J connectivity index is 2.45. The van der Waals surface area contributed by atoms with Crippen LogP contribution < -0.4 is 0 Å². The lowest BCUT2D eigenvalue weighted by atomic mass is 9.87. The topological polar surface area (TPSA) is 26.3 Å². The van der Waals surface area contributed by atoms with E-state index in [2.05, 4.69) is 4.74 Å². The average Bonchev–Trinajstić information content (AvgIpc) is 2.08. The van der Waals surface area contributed by atoms with E-state index in [0.29, 0.717) is 6.42 Å². The first-order chi connectivity index (χ1) is 5.65. The van der Waals surface area contributed by atoms with Crippen molar-refractivity contribution in [1.29, 1.82) is 0 Å². The second-order valence-corrected chi connectivity index (χ2v) is 3.07. The molecule has 1 aliphatic rings. The van der Waals surface area contributed by atoms with Crippen LogP contribution in [0, 0.1) is 5.92 Å². The maximum absolute atomic E-state index is 12.7. The summed E-state index contributed by atoms with van der Waals surface area (Å²) in [4.78, 5) is 10.9. The minimum absolute atomic E-state index is 0.0339. The minimum atomic E-state index is -1.50. The molecule has 70 valence electrons. The van der Waals surface area contributed by atoms with E-state index in [-0.39, 0.29) is 12.8 Å². The van der Waals surface area contributed by atoms with Gasteiger partial charge in [-0.15, -0.1) is 0 Å². The normalized spacial score (nSPS) is 36.1. The molecule has 0 N–H and O–H groups in total. The van der Waals surface area contributed by atoms with Crippen LogP contribution in [0.3, 0.4) is 0 Å². The molecule has 0 saturated heterocycles. The first-order valence-corrected chi connectivity index (χ1v) is 4.01. The van der Waals surface area contributed by atoms with Crippen molar-refractivity contribution in [3.63, 3.8) is 0 Å². The second kappa shape index (κ2) is 3.83. The third-order valence-electron chi connectivity index (χ3n) is 2.23. The molecule has 1 aliphatic carbocycles. The molecule has 0 amide bonds. The molecule has 2 nitrogen and oxygen atoms in total. The van der Waals surface area contributed by atoms with Gasteiger partial charge in [-0.2, -0.15) is 0 Å². The average molecular weight is 178 g/mol. The van der Waals surface area contributed by atoms with Crippen LogP contribution in [0.1, 0.15) is 19.3 Å². The Morgan fingerprint density at radius 1 is 1.33 bits per heavy atom. The monoisotopic (exact) mass is 178 g/mol. The molecule has 0 heterocycles. The van der Waals surface area contributed by atoms with E-state index in [1.54, 1.807) is 0 Å². The van der Waals surface area contributed by atoms with Crippen molar-refractivity contribution in [2.75, 3.05) is 7.11 Å². The Morgan fingerprint density at radius 2 is 2.00 bits per heavy atom. The molecule has 0 aliphatic heterocycles. The third kappa shape index (κ3) is 1.93.